The number of nitrogens with one attached hydrogen (secondary N) is 1. The van der Waals surface area contributed by atoms with E-state index in [2.05, 4.69) is 0 Å². The van der Waals surface area contributed by atoms with Crippen molar-refractivity contribution in [1.29, 1.82) is 5.41 Å². The number of hydrazine groups is 1. The van der Waals surface area contributed by atoms with Gasteiger partial charge in [-0.3, -0.25) is 15.2 Å². The molecule has 0 unspecified atom stereocenters. The number of benzene rings is 2. The number of rotatable bonds is 9. The predicted molar refractivity (Wildman–Crippen MR) is 121 cm³/mol. The van der Waals surface area contributed by atoms with E-state index in [1.54, 1.807) is 29.2 Å². The fraction of sp³-hybridized carbons (Fsp3) is 0.273. The van der Waals surface area contributed by atoms with Crippen molar-refractivity contribution in [2.75, 3.05) is 44.2 Å². The van der Waals surface area contributed by atoms with E-state index in [1.807, 2.05) is 0 Å². The van der Waals surface area contributed by atoms with Crippen molar-refractivity contribution in [2.45, 2.75) is 6.42 Å². The molecule has 10 heteroatoms. The van der Waals surface area contributed by atoms with Gasteiger partial charge in [-0.15, -0.1) is 0 Å². The van der Waals surface area contributed by atoms with Gasteiger partial charge in [0.15, 0.2) is 11.6 Å². The Morgan fingerprint density at radius 3 is 2.53 bits per heavy atom. The van der Waals surface area contributed by atoms with Crippen LogP contribution in [0.25, 0.3) is 0 Å². The van der Waals surface area contributed by atoms with Crippen LogP contribution in [0.2, 0.25) is 0 Å². The molecule has 1 aliphatic rings. The first kappa shape index (κ1) is 23.0. The number of hydrogen-bond acceptors (Lipinski definition) is 8. The molecule has 0 aromatic heterocycles. The largest absolute Gasteiger partial charge is 0.488 e. The first-order valence-electron chi connectivity index (χ1n) is 10.0. The quantitative estimate of drug-likeness (QED) is 0.152. The van der Waals surface area contributed by atoms with Crippen LogP contribution < -0.4 is 27.1 Å². The van der Waals surface area contributed by atoms with Crippen LogP contribution in [0, 0.1) is 11.2 Å². The fourth-order valence-electron chi connectivity index (χ4n) is 3.05. The van der Waals surface area contributed by atoms with Crippen LogP contribution in [-0.2, 0) is 4.74 Å². The smallest absolute Gasteiger partial charge is 0.253 e. The number of nitrogen functional groups attached to an aromatic ring is 1. The SMILES string of the molecule is COCCOc1cc(N)c(C(=N)/C(N)=C/N(N)c2ccc(C(=O)N3CCC3)cc2)cc1F. The molecule has 1 amide bonds. The van der Waals surface area contributed by atoms with Gasteiger partial charge in [-0.05, 0) is 36.8 Å². The second-order valence-corrected chi connectivity index (χ2v) is 7.27. The maximum absolute atomic E-state index is 14.4. The molecular weight excluding hydrogens is 415 g/mol. The number of hydrogen-bond donors (Lipinski definition) is 4. The third kappa shape index (κ3) is 5.16. The fourth-order valence-corrected chi connectivity index (χ4v) is 3.05. The normalized spacial score (nSPS) is 13.5. The summed E-state index contributed by atoms with van der Waals surface area (Å²) in [6.07, 6.45) is 2.35. The Kier molecular flexibility index (Phi) is 7.29. The van der Waals surface area contributed by atoms with Crippen molar-refractivity contribution in [3.63, 3.8) is 0 Å². The van der Waals surface area contributed by atoms with Crippen molar-refractivity contribution in [3.8, 4) is 5.75 Å². The van der Waals surface area contributed by atoms with Crippen LogP contribution in [0.3, 0.4) is 0 Å². The highest BCUT2D eigenvalue weighted by Gasteiger charge is 2.21. The van der Waals surface area contributed by atoms with Gasteiger partial charge < -0.3 is 25.8 Å². The van der Waals surface area contributed by atoms with Crippen molar-refractivity contribution in [3.05, 3.63) is 65.2 Å². The molecule has 7 N–H and O–H groups in total. The highest BCUT2D eigenvalue weighted by molar-refractivity contribution is 6.13. The Morgan fingerprint density at radius 1 is 1.25 bits per heavy atom. The first-order chi connectivity index (χ1) is 15.3. The molecule has 2 aromatic carbocycles. The van der Waals surface area contributed by atoms with Gasteiger partial charge in [0.1, 0.15) is 6.61 Å². The summed E-state index contributed by atoms with van der Waals surface area (Å²) in [7, 11) is 1.51. The van der Waals surface area contributed by atoms with Crippen molar-refractivity contribution in [2.24, 2.45) is 11.6 Å². The minimum atomic E-state index is -0.671. The summed E-state index contributed by atoms with van der Waals surface area (Å²) >= 11 is 0. The number of nitrogens with zero attached hydrogens (tertiary/aromatic N) is 2. The number of amides is 1. The average molecular weight is 442 g/mol. The lowest BCUT2D eigenvalue weighted by molar-refractivity contribution is 0.0652. The van der Waals surface area contributed by atoms with Gasteiger partial charge in [0.05, 0.1) is 23.7 Å². The summed E-state index contributed by atoms with van der Waals surface area (Å²) in [5.74, 6) is 5.32. The maximum Gasteiger partial charge on any atom is 0.253 e. The first-order valence-corrected chi connectivity index (χ1v) is 10.0. The van der Waals surface area contributed by atoms with Crippen LogP contribution >= 0.6 is 0 Å². The third-order valence-corrected chi connectivity index (χ3v) is 5.04. The standard InChI is InChI=1S/C22H27FN6O3/c1-31-9-10-32-20-12-18(24)16(11-17(20)23)21(26)19(25)13-29(27)15-5-3-14(4-6-15)22(30)28-7-2-8-28/h3-6,11-13,26H,2,7-10,24-25,27H2,1H3/b19-13-,26-21?. The van der Waals surface area contributed by atoms with Gasteiger partial charge in [0.25, 0.3) is 5.91 Å². The molecular formula is C22H27FN6O3. The number of likely N-dealkylation sites (tertiary alicyclic amines) is 1. The van der Waals surface area contributed by atoms with Crippen molar-refractivity contribution < 1.29 is 18.7 Å². The lowest BCUT2D eigenvalue weighted by Crippen LogP contribution is -2.42. The number of ether oxygens (including phenoxy) is 2. The van der Waals surface area contributed by atoms with Gasteiger partial charge in [-0.25, -0.2) is 10.2 Å². The molecule has 1 saturated heterocycles. The summed E-state index contributed by atoms with van der Waals surface area (Å²) < 4.78 is 24.5. The van der Waals surface area contributed by atoms with E-state index in [0.29, 0.717) is 17.9 Å². The lowest BCUT2D eigenvalue weighted by atomic mass is 10.0. The number of carbonyl (C=O) groups is 1. The van der Waals surface area contributed by atoms with E-state index in [9.17, 15) is 9.18 Å². The van der Waals surface area contributed by atoms with Gasteiger partial charge in [0.2, 0.25) is 0 Å². The molecule has 0 bridgehead atoms. The summed E-state index contributed by atoms with van der Waals surface area (Å²) in [6, 6.07) is 9.12. The highest BCUT2D eigenvalue weighted by Crippen LogP contribution is 2.26. The molecule has 2 aromatic rings. The topological polar surface area (TPSA) is 144 Å². The molecule has 1 fully saturated rings. The minimum Gasteiger partial charge on any atom is -0.488 e. The van der Waals surface area contributed by atoms with Crippen LogP contribution in [0.4, 0.5) is 15.8 Å². The number of methoxy groups -OCH3 is 1. The van der Waals surface area contributed by atoms with E-state index in [-0.39, 0.29) is 40.9 Å². The molecule has 0 atom stereocenters. The molecule has 1 heterocycles. The second-order valence-electron chi connectivity index (χ2n) is 7.27. The maximum atomic E-state index is 14.4. The highest BCUT2D eigenvalue weighted by atomic mass is 19.1. The molecule has 9 nitrogen and oxygen atoms in total. The van der Waals surface area contributed by atoms with Crippen molar-refractivity contribution >= 4 is 23.0 Å². The van der Waals surface area contributed by atoms with Crippen LogP contribution in [-0.4, -0.2) is 49.9 Å². The minimum absolute atomic E-state index is 0.0182. The molecule has 1 aliphatic heterocycles. The average Bonchev–Trinajstić information content (AvgIpc) is 2.74. The van der Waals surface area contributed by atoms with Crippen LogP contribution in [0.5, 0.6) is 5.75 Å². The zero-order chi connectivity index (χ0) is 23.3. The Labute approximate surface area is 185 Å². The Bertz CT molecular complexity index is 1020. The number of halogens is 1. The lowest BCUT2D eigenvalue weighted by Gasteiger charge is -2.31. The van der Waals surface area contributed by atoms with Crippen molar-refractivity contribution in [1.82, 2.24) is 4.90 Å². The van der Waals surface area contributed by atoms with Crippen LogP contribution in [0.1, 0.15) is 22.3 Å². The number of anilines is 2. The zero-order valence-corrected chi connectivity index (χ0v) is 17.8. The summed E-state index contributed by atoms with van der Waals surface area (Å²) in [5, 5.41) is 9.52. The van der Waals surface area contributed by atoms with Gasteiger partial charge in [-0.2, -0.15) is 0 Å². The molecule has 0 spiro atoms. The summed E-state index contributed by atoms with van der Waals surface area (Å²) in [6.45, 7) is 2.01. The molecule has 32 heavy (non-hydrogen) atoms. The van der Waals surface area contributed by atoms with E-state index >= 15 is 0 Å². The molecule has 0 radical (unpaired) electrons. The molecule has 3 rings (SSSR count). The number of nitrogens with two attached hydrogens (primary N) is 3. The monoisotopic (exact) mass is 442 g/mol. The van der Waals surface area contributed by atoms with E-state index in [4.69, 9.17) is 32.2 Å². The van der Waals surface area contributed by atoms with Crippen LogP contribution in [0.15, 0.2) is 48.3 Å². The van der Waals surface area contributed by atoms with Gasteiger partial charge in [0, 0.05) is 49.3 Å². The number of allylic oxidation sites excluding steroid dienone is 1. The van der Waals surface area contributed by atoms with E-state index < -0.39 is 5.82 Å². The predicted octanol–water partition coefficient (Wildman–Crippen LogP) is 1.83. The zero-order valence-electron chi connectivity index (χ0n) is 17.8. The third-order valence-electron chi connectivity index (χ3n) is 5.04. The number of carbonyl (C=O) groups excluding carboxylic acids is 1. The van der Waals surface area contributed by atoms with E-state index in [0.717, 1.165) is 25.6 Å². The summed E-state index contributed by atoms with van der Waals surface area (Å²) in [4.78, 5) is 14.0. The molecule has 0 aliphatic carbocycles. The molecule has 0 saturated carbocycles. The second kappa shape index (κ2) is 10.1. The Balaban J connectivity index is 1.71. The Hall–Kier alpha value is -3.63. The van der Waals surface area contributed by atoms with Gasteiger partial charge in [-0.1, -0.05) is 0 Å². The van der Waals surface area contributed by atoms with E-state index in [1.165, 1.54) is 24.4 Å². The molecule has 170 valence electrons. The summed E-state index contributed by atoms with van der Waals surface area (Å²) in [5.41, 5.74) is 13.2. The van der Waals surface area contributed by atoms with Gasteiger partial charge >= 0.3 is 0 Å². The Morgan fingerprint density at radius 2 is 1.94 bits per heavy atom.